The molecular weight excluding hydrogens is 280 g/mol. The van der Waals surface area contributed by atoms with E-state index in [0.29, 0.717) is 28.1 Å². The summed E-state index contributed by atoms with van der Waals surface area (Å²) < 4.78 is 0. The number of rotatable bonds is 4. The highest BCUT2D eigenvalue weighted by atomic mass is 35.5. The molecule has 1 atom stereocenters. The average Bonchev–Trinajstić information content (AvgIpc) is 2.28. The molecule has 1 amide bonds. The van der Waals surface area contributed by atoms with E-state index >= 15 is 0 Å². The minimum atomic E-state index is -0.260. The number of benzene rings is 1. The molecule has 0 aromatic heterocycles. The van der Waals surface area contributed by atoms with Crippen LogP contribution in [0.15, 0.2) is 18.2 Å². The van der Waals surface area contributed by atoms with Crippen LogP contribution >= 0.6 is 34.8 Å². The van der Waals surface area contributed by atoms with Gasteiger partial charge in [0.2, 0.25) is 0 Å². The summed E-state index contributed by atoms with van der Waals surface area (Å²) in [5.41, 5.74) is 0.367. The van der Waals surface area contributed by atoms with Gasteiger partial charge in [0, 0.05) is 11.6 Å². The molecule has 1 rings (SSSR count). The number of alkyl halides is 1. The summed E-state index contributed by atoms with van der Waals surface area (Å²) in [5, 5.41) is 3.49. The van der Waals surface area contributed by atoms with Gasteiger partial charge in [0.25, 0.3) is 5.91 Å². The van der Waals surface area contributed by atoms with E-state index < -0.39 is 0 Å². The molecule has 2 nitrogen and oxygen atoms in total. The van der Waals surface area contributed by atoms with Crippen molar-refractivity contribution < 1.29 is 4.79 Å². The van der Waals surface area contributed by atoms with Gasteiger partial charge < -0.3 is 5.32 Å². The first-order valence-electron chi connectivity index (χ1n) is 5.29. The summed E-state index contributed by atoms with van der Waals surface area (Å²) in [5.74, 6) is 0.0376. The maximum Gasteiger partial charge on any atom is 0.252 e. The lowest BCUT2D eigenvalue weighted by atomic mass is 10.1. The van der Waals surface area contributed by atoms with Gasteiger partial charge in [0.1, 0.15) is 0 Å². The quantitative estimate of drug-likeness (QED) is 0.836. The van der Waals surface area contributed by atoms with Gasteiger partial charge >= 0.3 is 0 Å². The molecule has 0 fully saturated rings. The van der Waals surface area contributed by atoms with Crippen LogP contribution in [0.3, 0.4) is 0 Å². The third kappa shape index (κ3) is 4.38. The average molecular weight is 295 g/mol. The van der Waals surface area contributed by atoms with Crippen molar-refractivity contribution in [2.75, 3.05) is 6.54 Å². The first kappa shape index (κ1) is 14.6. The third-order valence-corrected chi connectivity index (χ3v) is 3.58. The normalized spacial score (nSPS) is 12.6. The molecule has 0 aliphatic rings. The number of carbonyl (C=O) groups is 1. The maximum atomic E-state index is 11.8. The van der Waals surface area contributed by atoms with Crippen molar-refractivity contribution in [1.82, 2.24) is 5.32 Å². The summed E-state index contributed by atoms with van der Waals surface area (Å²) in [4.78, 5) is 11.8. The number of hydrogen-bond donors (Lipinski definition) is 1. The largest absolute Gasteiger partial charge is 0.350 e. The molecule has 94 valence electrons. The Balaban J connectivity index is 2.67. The fraction of sp³-hybridized carbons (Fsp3) is 0.417. The molecule has 0 heterocycles. The van der Waals surface area contributed by atoms with Crippen LogP contribution in [-0.2, 0) is 0 Å². The van der Waals surface area contributed by atoms with Crippen LogP contribution in [0, 0.1) is 5.92 Å². The minimum Gasteiger partial charge on any atom is -0.350 e. The van der Waals surface area contributed by atoms with E-state index in [1.807, 2.05) is 13.8 Å². The van der Waals surface area contributed by atoms with Crippen molar-refractivity contribution in [2.45, 2.75) is 19.2 Å². The van der Waals surface area contributed by atoms with E-state index in [4.69, 9.17) is 34.8 Å². The van der Waals surface area contributed by atoms with E-state index in [1.165, 1.54) is 6.07 Å². The van der Waals surface area contributed by atoms with Crippen LogP contribution in [0.25, 0.3) is 0 Å². The highest BCUT2D eigenvalue weighted by Gasteiger charge is 2.14. The van der Waals surface area contributed by atoms with Crippen molar-refractivity contribution >= 4 is 40.7 Å². The lowest BCUT2D eigenvalue weighted by Crippen LogP contribution is -2.32. The monoisotopic (exact) mass is 293 g/mol. The SMILES string of the molecule is CC(C)C(Cl)CNC(=O)c1cc(Cl)ccc1Cl. The molecule has 0 aliphatic carbocycles. The van der Waals surface area contributed by atoms with Crippen LogP contribution in [0.2, 0.25) is 10.0 Å². The van der Waals surface area contributed by atoms with E-state index in [1.54, 1.807) is 12.1 Å². The third-order valence-electron chi connectivity index (χ3n) is 2.35. The molecular formula is C12H14Cl3NO. The highest BCUT2D eigenvalue weighted by Crippen LogP contribution is 2.20. The fourth-order valence-corrected chi connectivity index (χ4v) is 1.65. The molecule has 0 bridgehead atoms. The van der Waals surface area contributed by atoms with Crippen LogP contribution in [0.4, 0.5) is 0 Å². The van der Waals surface area contributed by atoms with Crippen LogP contribution < -0.4 is 5.32 Å². The van der Waals surface area contributed by atoms with Crippen LogP contribution in [-0.4, -0.2) is 17.8 Å². The van der Waals surface area contributed by atoms with Crippen molar-refractivity contribution in [3.8, 4) is 0 Å². The second kappa shape index (κ2) is 6.48. The predicted octanol–water partition coefficient (Wildman–Crippen LogP) is 3.99. The Bertz CT molecular complexity index is 407. The molecule has 0 radical (unpaired) electrons. The topological polar surface area (TPSA) is 29.1 Å². The van der Waals surface area contributed by atoms with E-state index in [0.717, 1.165) is 0 Å². The van der Waals surface area contributed by atoms with Crippen molar-refractivity contribution in [3.63, 3.8) is 0 Å². The molecule has 5 heteroatoms. The standard InChI is InChI=1S/C12H14Cl3NO/c1-7(2)11(15)6-16-12(17)9-5-8(13)3-4-10(9)14/h3-5,7,11H,6H2,1-2H3,(H,16,17). The Morgan fingerprint density at radius 2 is 2.00 bits per heavy atom. The zero-order valence-corrected chi connectivity index (χ0v) is 11.9. The van der Waals surface area contributed by atoms with E-state index in [2.05, 4.69) is 5.32 Å². The molecule has 0 saturated carbocycles. The fourth-order valence-electron chi connectivity index (χ4n) is 1.19. The van der Waals surface area contributed by atoms with E-state index in [-0.39, 0.29) is 11.3 Å². The summed E-state index contributed by atoms with van der Waals surface area (Å²) >= 11 is 17.8. The Kier molecular flexibility index (Phi) is 5.57. The molecule has 1 aromatic carbocycles. The number of hydrogen-bond acceptors (Lipinski definition) is 1. The lowest BCUT2D eigenvalue weighted by molar-refractivity contribution is 0.0952. The number of halogens is 3. The summed E-state index contributed by atoms with van der Waals surface area (Å²) in [6.07, 6.45) is 0. The molecule has 1 aromatic rings. The molecule has 0 saturated heterocycles. The Morgan fingerprint density at radius 1 is 1.35 bits per heavy atom. The summed E-state index contributed by atoms with van der Waals surface area (Å²) in [6, 6.07) is 4.77. The van der Waals surface area contributed by atoms with Gasteiger partial charge in [-0.3, -0.25) is 4.79 Å². The van der Waals surface area contributed by atoms with Crippen LogP contribution in [0.5, 0.6) is 0 Å². The summed E-state index contributed by atoms with van der Waals surface area (Å²) in [7, 11) is 0. The lowest BCUT2D eigenvalue weighted by Gasteiger charge is -2.14. The van der Waals surface area contributed by atoms with Gasteiger partial charge in [0.05, 0.1) is 16.0 Å². The zero-order valence-electron chi connectivity index (χ0n) is 9.64. The van der Waals surface area contributed by atoms with Gasteiger partial charge in [-0.05, 0) is 24.1 Å². The minimum absolute atomic E-state index is 0.100. The Labute approximate surface area is 116 Å². The zero-order chi connectivity index (χ0) is 13.0. The number of nitrogens with one attached hydrogen (secondary N) is 1. The van der Waals surface area contributed by atoms with Gasteiger partial charge in [-0.25, -0.2) is 0 Å². The second-order valence-corrected chi connectivity index (χ2v) is 5.50. The van der Waals surface area contributed by atoms with Crippen molar-refractivity contribution in [2.24, 2.45) is 5.92 Å². The number of amides is 1. The predicted molar refractivity (Wildman–Crippen MR) is 73.3 cm³/mol. The van der Waals surface area contributed by atoms with Crippen molar-refractivity contribution in [1.29, 1.82) is 0 Å². The first-order valence-corrected chi connectivity index (χ1v) is 6.48. The smallest absolute Gasteiger partial charge is 0.252 e. The highest BCUT2D eigenvalue weighted by molar-refractivity contribution is 6.35. The van der Waals surface area contributed by atoms with Gasteiger partial charge in [-0.15, -0.1) is 11.6 Å². The van der Waals surface area contributed by atoms with Crippen LogP contribution in [0.1, 0.15) is 24.2 Å². The molecule has 0 aliphatic heterocycles. The molecule has 17 heavy (non-hydrogen) atoms. The van der Waals surface area contributed by atoms with E-state index in [9.17, 15) is 4.79 Å². The maximum absolute atomic E-state index is 11.8. The van der Waals surface area contributed by atoms with Gasteiger partial charge in [-0.1, -0.05) is 37.0 Å². The van der Waals surface area contributed by atoms with Gasteiger partial charge in [-0.2, -0.15) is 0 Å². The van der Waals surface area contributed by atoms with Crippen molar-refractivity contribution in [3.05, 3.63) is 33.8 Å². The Morgan fingerprint density at radius 3 is 2.59 bits per heavy atom. The molecule has 0 spiro atoms. The molecule has 1 N–H and O–H groups in total. The molecule has 1 unspecified atom stereocenters. The van der Waals surface area contributed by atoms with Gasteiger partial charge in [0.15, 0.2) is 0 Å². The first-order chi connectivity index (χ1) is 7.91. The summed E-state index contributed by atoms with van der Waals surface area (Å²) in [6.45, 7) is 4.40. The Hall–Kier alpha value is -0.440. The second-order valence-electron chi connectivity index (χ2n) is 4.09. The number of carbonyl (C=O) groups excluding carboxylic acids is 1.